The molecule has 0 aliphatic carbocycles. The minimum absolute atomic E-state index is 0.0230. The maximum Gasteiger partial charge on any atom is 0.0565 e. The molecule has 0 bridgehead atoms. The fourth-order valence-electron chi connectivity index (χ4n) is 2.05. The maximum absolute atomic E-state index is 9.16. The summed E-state index contributed by atoms with van der Waals surface area (Å²) in [7, 11) is 0. The van der Waals surface area contributed by atoms with Gasteiger partial charge in [-0.1, -0.05) is 13.8 Å². The summed E-state index contributed by atoms with van der Waals surface area (Å²) < 4.78 is 5.69. The quantitative estimate of drug-likeness (QED) is 0.747. The summed E-state index contributed by atoms with van der Waals surface area (Å²) in [4.78, 5) is 0. The second-order valence-electron chi connectivity index (χ2n) is 5.63. The molecule has 15 heavy (non-hydrogen) atoms. The Bertz CT molecular complexity index is 184. The highest BCUT2D eigenvalue weighted by Gasteiger charge is 2.26. The highest BCUT2D eigenvalue weighted by atomic mass is 16.5. The highest BCUT2D eigenvalue weighted by Crippen LogP contribution is 2.20. The predicted octanol–water partition coefficient (Wildman–Crippen LogP) is 1.55. The lowest BCUT2D eigenvalue weighted by Crippen LogP contribution is -2.45. The molecule has 1 fully saturated rings. The van der Waals surface area contributed by atoms with Crippen LogP contribution in [0.5, 0.6) is 0 Å². The van der Waals surface area contributed by atoms with Crippen LogP contribution < -0.4 is 5.32 Å². The largest absolute Gasteiger partial charge is 0.396 e. The summed E-state index contributed by atoms with van der Waals surface area (Å²) in [5.74, 6) is 0. The molecule has 0 radical (unpaired) electrons. The van der Waals surface area contributed by atoms with E-state index in [0.717, 1.165) is 19.4 Å². The Morgan fingerprint density at radius 1 is 1.27 bits per heavy atom. The minimum Gasteiger partial charge on any atom is -0.396 e. The number of nitrogens with one attached hydrogen (secondary N) is 1. The van der Waals surface area contributed by atoms with E-state index in [1.54, 1.807) is 0 Å². The van der Waals surface area contributed by atoms with Crippen LogP contribution in [0.15, 0.2) is 0 Å². The van der Waals surface area contributed by atoms with Gasteiger partial charge in [-0.15, -0.1) is 0 Å². The van der Waals surface area contributed by atoms with Crippen LogP contribution in [0.1, 0.15) is 40.5 Å². The van der Waals surface area contributed by atoms with E-state index in [1.165, 1.54) is 0 Å². The summed E-state index contributed by atoms with van der Waals surface area (Å²) in [5.41, 5.74) is -0.0230. The second kappa shape index (κ2) is 5.28. The van der Waals surface area contributed by atoms with Crippen LogP contribution in [0, 0.1) is 5.41 Å². The van der Waals surface area contributed by atoms with Gasteiger partial charge in [0, 0.05) is 24.6 Å². The summed E-state index contributed by atoms with van der Waals surface area (Å²) in [6.07, 6.45) is 2.85. The molecule has 1 saturated heterocycles. The SMILES string of the molecule is CC1CC(NCC(C)(C)CO)CC(C)O1. The molecule has 0 amide bonds. The smallest absolute Gasteiger partial charge is 0.0565 e. The van der Waals surface area contributed by atoms with E-state index in [2.05, 4.69) is 33.0 Å². The van der Waals surface area contributed by atoms with Crippen molar-refractivity contribution in [2.75, 3.05) is 13.2 Å². The van der Waals surface area contributed by atoms with Crippen molar-refractivity contribution in [1.82, 2.24) is 5.32 Å². The summed E-state index contributed by atoms with van der Waals surface area (Å²) in [6, 6.07) is 0.537. The van der Waals surface area contributed by atoms with Gasteiger partial charge in [0.25, 0.3) is 0 Å². The van der Waals surface area contributed by atoms with Gasteiger partial charge < -0.3 is 15.2 Å². The van der Waals surface area contributed by atoms with Crippen molar-refractivity contribution in [3.63, 3.8) is 0 Å². The lowest BCUT2D eigenvalue weighted by atomic mass is 9.93. The Hall–Kier alpha value is -0.120. The first-order chi connectivity index (χ1) is 6.93. The van der Waals surface area contributed by atoms with Gasteiger partial charge in [0.1, 0.15) is 0 Å². The number of hydrogen-bond donors (Lipinski definition) is 2. The van der Waals surface area contributed by atoms with Crippen molar-refractivity contribution >= 4 is 0 Å². The first kappa shape index (κ1) is 12.9. The first-order valence-electron chi connectivity index (χ1n) is 5.92. The van der Waals surface area contributed by atoms with Crippen molar-refractivity contribution in [2.24, 2.45) is 5.41 Å². The zero-order chi connectivity index (χ0) is 11.5. The van der Waals surface area contributed by atoms with Gasteiger partial charge in [-0.05, 0) is 26.7 Å². The third-order valence-corrected chi connectivity index (χ3v) is 2.99. The third kappa shape index (κ3) is 4.49. The Morgan fingerprint density at radius 3 is 2.27 bits per heavy atom. The number of ether oxygens (including phenoxy) is 1. The first-order valence-corrected chi connectivity index (χ1v) is 5.92. The van der Waals surface area contributed by atoms with E-state index in [0.29, 0.717) is 18.2 Å². The molecule has 0 aromatic carbocycles. The van der Waals surface area contributed by atoms with Crippen LogP contribution in [0.2, 0.25) is 0 Å². The lowest BCUT2D eigenvalue weighted by Gasteiger charge is -2.34. The molecule has 2 unspecified atom stereocenters. The lowest BCUT2D eigenvalue weighted by molar-refractivity contribution is -0.0435. The van der Waals surface area contributed by atoms with Crippen LogP contribution in [0.25, 0.3) is 0 Å². The fraction of sp³-hybridized carbons (Fsp3) is 1.00. The van der Waals surface area contributed by atoms with Crippen LogP contribution >= 0.6 is 0 Å². The van der Waals surface area contributed by atoms with Crippen LogP contribution in [0.3, 0.4) is 0 Å². The van der Waals surface area contributed by atoms with Crippen molar-refractivity contribution in [3.8, 4) is 0 Å². The molecule has 1 rings (SSSR count). The molecule has 1 aliphatic heterocycles. The average Bonchev–Trinajstić information content (AvgIpc) is 2.14. The normalized spacial score (nSPS) is 33.0. The van der Waals surface area contributed by atoms with Gasteiger partial charge in [0.2, 0.25) is 0 Å². The van der Waals surface area contributed by atoms with Gasteiger partial charge in [-0.3, -0.25) is 0 Å². The Labute approximate surface area is 93.2 Å². The topological polar surface area (TPSA) is 41.5 Å². The van der Waals surface area contributed by atoms with Crippen molar-refractivity contribution in [3.05, 3.63) is 0 Å². The molecule has 0 spiro atoms. The van der Waals surface area contributed by atoms with Gasteiger partial charge in [0.05, 0.1) is 12.2 Å². The molecule has 0 saturated carbocycles. The highest BCUT2D eigenvalue weighted by molar-refractivity contribution is 4.81. The predicted molar refractivity (Wildman–Crippen MR) is 61.9 cm³/mol. The third-order valence-electron chi connectivity index (χ3n) is 2.99. The van der Waals surface area contributed by atoms with Crippen LogP contribution in [-0.2, 0) is 4.74 Å². The van der Waals surface area contributed by atoms with E-state index in [9.17, 15) is 0 Å². The minimum atomic E-state index is -0.0230. The maximum atomic E-state index is 9.16. The second-order valence-corrected chi connectivity index (χ2v) is 5.63. The standard InChI is InChI=1S/C12H25NO2/c1-9-5-11(6-10(2)15-9)13-7-12(3,4)8-14/h9-11,13-14H,5-8H2,1-4H3. The number of hydrogen-bond acceptors (Lipinski definition) is 3. The van der Waals surface area contributed by atoms with E-state index in [1.807, 2.05) is 0 Å². The van der Waals surface area contributed by atoms with E-state index in [4.69, 9.17) is 9.84 Å². The van der Waals surface area contributed by atoms with E-state index < -0.39 is 0 Å². The van der Waals surface area contributed by atoms with Crippen molar-refractivity contribution in [2.45, 2.75) is 58.8 Å². The molecule has 0 aromatic rings. The Kier molecular flexibility index (Phi) is 4.56. The van der Waals surface area contributed by atoms with Crippen molar-refractivity contribution < 1.29 is 9.84 Å². The summed E-state index contributed by atoms with van der Waals surface area (Å²) >= 11 is 0. The van der Waals surface area contributed by atoms with E-state index in [-0.39, 0.29) is 12.0 Å². The number of rotatable bonds is 4. The summed E-state index contributed by atoms with van der Waals surface area (Å²) in [6.45, 7) is 9.50. The average molecular weight is 215 g/mol. The molecule has 90 valence electrons. The Morgan fingerprint density at radius 2 is 1.80 bits per heavy atom. The fourth-order valence-corrected chi connectivity index (χ4v) is 2.05. The monoisotopic (exact) mass is 215 g/mol. The zero-order valence-electron chi connectivity index (χ0n) is 10.4. The molecule has 3 heteroatoms. The molecule has 2 atom stereocenters. The number of aliphatic hydroxyl groups excluding tert-OH is 1. The molecular formula is C12H25NO2. The molecule has 3 nitrogen and oxygen atoms in total. The van der Waals surface area contributed by atoms with E-state index >= 15 is 0 Å². The number of aliphatic hydroxyl groups is 1. The van der Waals surface area contributed by atoms with Crippen LogP contribution in [-0.4, -0.2) is 36.5 Å². The molecule has 1 aliphatic rings. The molecular weight excluding hydrogens is 190 g/mol. The van der Waals surface area contributed by atoms with Gasteiger partial charge in [-0.25, -0.2) is 0 Å². The van der Waals surface area contributed by atoms with Gasteiger partial charge >= 0.3 is 0 Å². The van der Waals surface area contributed by atoms with Crippen LogP contribution in [0.4, 0.5) is 0 Å². The van der Waals surface area contributed by atoms with Gasteiger partial charge in [0.15, 0.2) is 0 Å². The molecule has 1 heterocycles. The Balaban J connectivity index is 2.32. The van der Waals surface area contributed by atoms with Crippen molar-refractivity contribution in [1.29, 1.82) is 0 Å². The molecule has 2 N–H and O–H groups in total. The summed E-state index contributed by atoms with van der Waals surface area (Å²) in [5, 5.41) is 12.7. The zero-order valence-corrected chi connectivity index (χ0v) is 10.4. The molecule has 0 aromatic heterocycles. The van der Waals surface area contributed by atoms with Gasteiger partial charge in [-0.2, -0.15) is 0 Å².